The molecule has 4 nitrogen and oxygen atoms in total. The molecule has 2 aromatic heterocycles. The van der Waals surface area contributed by atoms with Gasteiger partial charge < -0.3 is 15.8 Å². The molecule has 3 N–H and O–H groups in total. The van der Waals surface area contributed by atoms with E-state index in [1.54, 1.807) is 0 Å². The molecule has 0 fully saturated rings. The van der Waals surface area contributed by atoms with Crippen LogP contribution in [0.1, 0.15) is 29.2 Å². The van der Waals surface area contributed by atoms with Gasteiger partial charge in [-0.2, -0.15) is 4.37 Å². The van der Waals surface area contributed by atoms with Crippen LogP contribution in [-0.2, 0) is 6.54 Å². The van der Waals surface area contributed by atoms with Gasteiger partial charge in [-0.25, -0.2) is 0 Å². The van der Waals surface area contributed by atoms with Crippen LogP contribution in [0.4, 0.5) is 10.8 Å². The van der Waals surface area contributed by atoms with E-state index in [1.165, 1.54) is 26.9 Å². The lowest BCUT2D eigenvalue weighted by Gasteiger charge is -2.11. The number of nitrogens with one attached hydrogen (secondary N) is 1. The summed E-state index contributed by atoms with van der Waals surface area (Å²) < 4.78 is 9.84. The molecule has 0 atom stereocenters. The van der Waals surface area contributed by atoms with Crippen molar-refractivity contribution in [3.05, 3.63) is 21.4 Å². The number of nitrogen functional groups attached to an aromatic ring is 1. The molecular weight excluding hydrogens is 278 g/mol. The standard InChI is InChI=1S/C13H19N3OS2/c1-7(2)17-11-12(14)16-19-13(11)15-6-10-5-8(3)9(4)18-10/h5,7,15H,6H2,1-4H3,(H2,14,16). The molecule has 6 heteroatoms. The Balaban J connectivity index is 2.07. The molecule has 0 aliphatic carbocycles. The molecule has 0 saturated carbocycles. The van der Waals surface area contributed by atoms with E-state index in [-0.39, 0.29) is 6.10 Å². The number of hydrogen-bond donors (Lipinski definition) is 2. The minimum atomic E-state index is 0.0884. The molecule has 0 radical (unpaired) electrons. The molecule has 0 amide bonds. The monoisotopic (exact) mass is 297 g/mol. The number of nitrogens with zero attached hydrogens (tertiary/aromatic N) is 1. The highest BCUT2D eigenvalue weighted by Gasteiger charge is 2.14. The van der Waals surface area contributed by atoms with Crippen LogP contribution in [0.25, 0.3) is 0 Å². The highest BCUT2D eigenvalue weighted by molar-refractivity contribution is 7.12. The second-order valence-electron chi connectivity index (χ2n) is 4.70. The normalized spacial score (nSPS) is 11.0. The summed E-state index contributed by atoms with van der Waals surface area (Å²) in [5.41, 5.74) is 7.16. The minimum absolute atomic E-state index is 0.0884. The maximum Gasteiger partial charge on any atom is 0.197 e. The Kier molecular flexibility index (Phi) is 4.31. The number of thiophene rings is 1. The number of hydrogen-bond acceptors (Lipinski definition) is 6. The Morgan fingerprint density at radius 2 is 2.16 bits per heavy atom. The van der Waals surface area contributed by atoms with E-state index in [2.05, 4.69) is 29.6 Å². The number of aromatic nitrogens is 1. The van der Waals surface area contributed by atoms with Gasteiger partial charge in [0.1, 0.15) is 0 Å². The number of aryl methyl sites for hydroxylation is 2. The minimum Gasteiger partial charge on any atom is -0.484 e. The fourth-order valence-corrected chi connectivity index (χ4v) is 3.30. The molecule has 0 bridgehead atoms. The third kappa shape index (κ3) is 3.39. The zero-order valence-corrected chi connectivity index (χ0v) is 13.2. The molecule has 2 heterocycles. The van der Waals surface area contributed by atoms with Gasteiger partial charge in [0.15, 0.2) is 16.6 Å². The van der Waals surface area contributed by atoms with Crippen molar-refractivity contribution in [2.24, 2.45) is 0 Å². The third-order valence-electron chi connectivity index (χ3n) is 2.67. The van der Waals surface area contributed by atoms with E-state index < -0.39 is 0 Å². The Morgan fingerprint density at radius 1 is 1.42 bits per heavy atom. The third-order valence-corrected chi connectivity index (χ3v) is 4.62. The van der Waals surface area contributed by atoms with E-state index in [0.29, 0.717) is 11.6 Å². The summed E-state index contributed by atoms with van der Waals surface area (Å²) in [7, 11) is 0. The predicted molar refractivity (Wildman–Crippen MR) is 83.4 cm³/mol. The molecule has 19 heavy (non-hydrogen) atoms. The van der Waals surface area contributed by atoms with Gasteiger partial charge in [0.05, 0.1) is 12.6 Å². The van der Waals surface area contributed by atoms with E-state index in [0.717, 1.165) is 11.5 Å². The first-order valence-electron chi connectivity index (χ1n) is 6.19. The molecule has 0 unspecified atom stereocenters. The van der Waals surface area contributed by atoms with Crippen molar-refractivity contribution in [1.29, 1.82) is 0 Å². The SMILES string of the molecule is Cc1cc(CNc2snc(N)c2OC(C)C)sc1C. The Hall–Kier alpha value is -1.27. The van der Waals surface area contributed by atoms with Gasteiger partial charge in [0.2, 0.25) is 0 Å². The highest BCUT2D eigenvalue weighted by atomic mass is 32.1. The van der Waals surface area contributed by atoms with E-state index in [9.17, 15) is 0 Å². The van der Waals surface area contributed by atoms with Crippen LogP contribution >= 0.6 is 22.9 Å². The number of rotatable bonds is 5. The first-order valence-corrected chi connectivity index (χ1v) is 7.78. The molecule has 0 aliphatic rings. The predicted octanol–water partition coefficient (Wildman–Crippen LogP) is 3.80. The van der Waals surface area contributed by atoms with Crippen LogP contribution in [0.3, 0.4) is 0 Å². The van der Waals surface area contributed by atoms with Crippen LogP contribution in [0.15, 0.2) is 6.07 Å². The number of nitrogens with two attached hydrogens (primary N) is 1. The van der Waals surface area contributed by atoms with Gasteiger partial charge in [-0.15, -0.1) is 11.3 Å². The van der Waals surface area contributed by atoms with Gasteiger partial charge in [-0.3, -0.25) is 0 Å². The fraction of sp³-hybridized carbons (Fsp3) is 0.462. The van der Waals surface area contributed by atoms with E-state index in [4.69, 9.17) is 10.5 Å². The summed E-state index contributed by atoms with van der Waals surface area (Å²) in [5, 5.41) is 4.26. The highest BCUT2D eigenvalue weighted by Crippen LogP contribution is 2.36. The summed E-state index contributed by atoms with van der Waals surface area (Å²) in [4.78, 5) is 2.66. The lowest BCUT2D eigenvalue weighted by atomic mass is 10.3. The van der Waals surface area contributed by atoms with Gasteiger partial charge >= 0.3 is 0 Å². The van der Waals surface area contributed by atoms with Crippen molar-refractivity contribution in [2.45, 2.75) is 40.3 Å². The topological polar surface area (TPSA) is 60.2 Å². The first kappa shape index (κ1) is 14.1. The molecule has 0 saturated heterocycles. The quantitative estimate of drug-likeness (QED) is 0.881. The Morgan fingerprint density at radius 3 is 2.74 bits per heavy atom. The molecule has 2 rings (SSSR count). The van der Waals surface area contributed by atoms with Crippen molar-refractivity contribution in [3.8, 4) is 5.75 Å². The molecule has 0 spiro atoms. The van der Waals surface area contributed by atoms with Gasteiger partial charge in [0.25, 0.3) is 0 Å². The van der Waals surface area contributed by atoms with E-state index >= 15 is 0 Å². The first-order chi connectivity index (χ1) is 8.97. The van der Waals surface area contributed by atoms with Crippen LogP contribution in [0.5, 0.6) is 5.75 Å². The largest absolute Gasteiger partial charge is 0.484 e. The average Bonchev–Trinajstić information content (AvgIpc) is 2.82. The Bertz CT molecular complexity index is 541. The maximum absolute atomic E-state index is 5.82. The van der Waals surface area contributed by atoms with Crippen molar-refractivity contribution in [1.82, 2.24) is 4.37 Å². The number of anilines is 2. The maximum atomic E-state index is 5.82. The van der Waals surface area contributed by atoms with Crippen LogP contribution < -0.4 is 15.8 Å². The fourth-order valence-electron chi connectivity index (χ4n) is 1.66. The van der Waals surface area contributed by atoms with Crippen molar-refractivity contribution in [3.63, 3.8) is 0 Å². The summed E-state index contributed by atoms with van der Waals surface area (Å²) in [5.74, 6) is 1.13. The van der Waals surface area contributed by atoms with Crippen LogP contribution in [0, 0.1) is 13.8 Å². The second-order valence-corrected chi connectivity index (χ2v) is 6.81. The van der Waals surface area contributed by atoms with Gasteiger partial charge in [0, 0.05) is 9.75 Å². The summed E-state index contributed by atoms with van der Waals surface area (Å²) >= 11 is 3.15. The van der Waals surface area contributed by atoms with Gasteiger partial charge in [-0.05, 0) is 50.9 Å². The van der Waals surface area contributed by atoms with Crippen LogP contribution in [0.2, 0.25) is 0 Å². The van der Waals surface area contributed by atoms with Crippen LogP contribution in [-0.4, -0.2) is 10.5 Å². The van der Waals surface area contributed by atoms with E-state index in [1.807, 2.05) is 25.2 Å². The summed E-state index contributed by atoms with van der Waals surface area (Å²) in [6.07, 6.45) is 0.0884. The second kappa shape index (κ2) is 5.79. The zero-order valence-electron chi connectivity index (χ0n) is 11.6. The molecular formula is C13H19N3OS2. The molecule has 104 valence electrons. The summed E-state index contributed by atoms with van der Waals surface area (Å²) in [6.45, 7) is 9.00. The lowest BCUT2D eigenvalue weighted by Crippen LogP contribution is -2.08. The smallest absolute Gasteiger partial charge is 0.197 e. The summed E-state index contributed by atoms with van der Waals surface area (Å²) in [6, 6.07) is 2.21. The Labute approximate surface area is 121 Å². The average molecular weight is 297 g/mol. The lowest BCUT2D eigenvalue weighted by molar-refractivity contribution is 0.245. The number of ether oxygens (including phenoxy) is 1. The molecule has 0 aromatic carbocycles. The molecule has 2 aromatic rings. The van der Waals surface area contributed by atoms with Crippen molar-refractivity contribution < 1.29 is 4.74 Å². The zero-order chi connectivity index (χ0) is 14.0. The van der Waals surface area contributed by atoms with Crippen molar-refractivity contribution >= 4 is 33.7 Å². The molecule has 0 aliphatic heterocycles. The van der Waals surface area contributed by atoms with Crippen molar-refractivity contribution in [2.75, 3.05) is 11.1 Å². The van der Waals surface area contributed by atoms with Gasteiger partial charge in [-0.1, -0.05) is 0 Å².